The van der Waals surface area contributed by atoms with E-state index in [1.807, 2.05) is 71.4 Å². The first-order valence-corrected chi connectivity index (χ1v) is 8.02. The van der Waals surface area contributed by atoms with E-state index in [2.05, 4.69) is 34.2 Å². The summed E-state index contributed by atoms with van der Waals surface area (Å²) in [6.07, 6.45) is 7.54. The van der Waals surface area contributed by atoms with Crippen LogP contribution in [0.1, 0.15) is 0 Å². The van der Waals surface area contributed by atoms with Gasteiger partial charge in [-0.3, -0.25) is 4.98 Å². The van der Waals surface area contributed by atoms with Crippen molar-refractivity contribution in [3.05, 3.63) is 104 Å². The van der Waals surface area contributed by atoms with Crippen LogP contribution in [0.5, 0.6) is 0 Å². The summed E-state index contributed by atoms with van der Waals surface area (Å²) in [7, 11) is 0. The van der Waals surface area contributed by atoms with Gasteiger partial charge in [0.2, 0.25) is 0 Å². The molecule has 5 aromatic rings. The third-order valence-corrected chi connectivity index (χ3v) is 3.85. The van der Waals surface area contributed by atoms with Crippen LogP contribution in [0.4, 0.5) is 0 Å². The molecule has 3 aromatic heterocycles. The van der Waals surface area contributed by atoms with Gasteiger partial charge >= 0.3 is 21.1 Å². The average molecular weight is 516 g/mol. The molecule has 0 amide bonds. The van der Waals surface area contributed by atoms with Crippen LogP contribution >= 0.6 is 0 Å². The molecule has 0 saturated heterocycles. The summed E-state index contributed by atoms with van der Waals surface area (Å²) in [5.41, 5.74) is 2.98. The Morgan fingerprint density at radius 1 is 0.731 bits per heavy atom. The van der Waals surface area contributed by atoms with Crippen LogP contribution in [0.3, 0.4) is 0 Å². The first-order valence-electron chi connectivity index (χ1n) is 8.02. The molecule has 0 radical (unpaired) electrons. The Kier molecular flexibility index (Phi) is 5.93. The fourth-order valence-electron chi connectivity index (χ4n) is 2.64. The van der Waals surface area contributed by atoms with Gasteiger partial charge in [-0.2, -0.15) is 0 Å². The van der Waals surface area contributed by atoms with Crippen molar-refractivity contribution in [2.45, 2.75) is 0 Å². The number of nitrogens with zero attached hydrogens (tertiary/aromatic N) is 3. The standard InChI is InChI=1S/C11H7N2.C11H8N.Pt/c1-2-4-10-9(3-1)5-7-13-8-6-12-11(10)13;1-2-6-10(7-3-1)11-8-4-5-9-12-11;/h1-3,5-8H;1-6,8-9H;/q2*-1;+2. The van der Waals surface area contributed by atoms with Gasteiger partial charge in [-0.25, -0.2) is 0 Å². The van der Waals surface area contributed by atoms with Crippen molar-refractivity contribution in [2.24, 2.45) is 0 Å². The largest absolute Gasteiger partial charge is 2.00 e. The van der Waals surface area contributed by atoms with Crippen molar-refractivity contribution in [1.29, 1.82) is 0 Å². The molecule has 26 heavy (non-hydrogen) atoms. The molecular formula is C22H15N3Pt. The minimum absolute atomic E-state index is 0. The third kappa shape index (κ3) is 3.89. The van der Waals surface area contributed by atoms with E-state index >= 15 is 0 Å². The molecule has 0 unspecified atom stereocenters. The third-order valence-electron chi connectivity index (χ3n) is 3.85. The van der Waals surface area contributed by atoms with Crippen molar-refractivity contribution in [2.75, 3.05) is 0 Å². The second-order valence-corrected chi connectivity index (χ2v) is 5.47. The smallest absolute Gasteiger partial charge is 0.347 e. The van der Waals surface area contributed by atoms with Gasteiger partial charge in [0.25, 0.3) is 0 Å². The molecule has 0 atom stereocenters. The van der Waals surface area contributed by atoms with Gasteiger partial charge in [0.05, 0.1) is 5.65 Å². The second-order valence-electron chi connectivity index (χ2n) is 5.47. The number of imidazole rings is 1. The number of pyridine rings is 2. The van der Waals surface area contributed by atoms with Gasteiger partial charge in [-0.05, 0) is 18.0 Å². The maximum absolute atomic E-state index is 4.28. The Labute approximate surface area is 166 Å². The van der Waals surface area contributed by atoms with Crippen molar-refractivity contribution in [3.8, 4) is 11.3 Å². The fourth-order valence-corrected chi connectivity index (χ4v) is 2.64. The van der Waals surface area contributed by atoms with Gasteiger partial charge < -0.3 is 9.38 Å². The van der Waals surface area contributed by atoms with E-state index in [-0.39, 0.29) is 21.1 Å². The first-order chi connectivity index (χ1) is 12.4. The first kappa shape index (κ1) is 18.0. The molecule has 0 aliphatic heterocycles. The van der Waals surface area contributed by atoms with Gasteiger partial charge in [-0.1, -0.05) is 18.2 Å². The van der Waals surface area contributed by atoms with E-state index in [1.165, 1.54) is 5.39 Å². The average Bonchev–Trinajstić information content (AvgIpc) is 3.19. The monoisotopic (exact) mass is 516 g/mol. The minimum Gasteiger partial charge on any atom is -0.347 e. The normalized spacial score (nSPS) is 10.0. The zero-order valence-electron chi connectivity index (χ0n) is 13.8. The number of rotatable bonds is 1. The van der Waals surface area contributed by atoms with Gasteiger partial charge in [0.1, 0.15) is 0 Å². The van der Waals surface area contributed by atoms with E-state index in [0.29, 0.717) is 0 Å². The molecule has 0 fully saturated rings. The molecule has 3 nitrogen and oxygen atoms in total. The molecule has 0 aliphatic carbocycles. The van der Waals surface area contributed by atoms with Crippen LogP contribution in [0.25, 0.3) is 27.7 Å². The quantitative estimate of drug-likeness (QED) is 0.299. The van der Waals surface area contributed by atoms with Crippen LogP contribution in [0.15, 0.2) is 91.5 Å². The van der Waals surface area contributed by atoms with E-state index < -0.39 is 0 Å². The number of hydrogen-bond acceptors (Lipinski definition) is 2. The maximum Gasteiger partial charge on any atom is 2.00 e. The number of aromatic nitrogens is 3. The summed E-state index contributed by atoms with van der Waals surface area (Å²) in [5.74, 6) is 0. The predicted molar refractivity (Wildman–Crippen MR) is 100 cm³/mol. The van der Waals surface area contributed by atoms with Crippen LogP contribution in [0.2, 0.25) is 0 Å². The zero-order valence-corrected chi connectivity index (χ0v) is 16.1. The Bertz CT molecular complexity index is 1050. The molecule has 5 rings (SSSR count). The molecule has 4 heteroatoms. The topological polar surface area (TPSA) is 30.2 Å². The molecule has 3 heterocycles. The summed E-state index contributed by atoms with van der Waals surface area (Å²) in [6, 6.07) is 28.1. The van der Waals surface area contributed by atoms with Crippen molar-refractivity contribution < 1.29 is 21.1 Å². The summed E-state index contributed by atoms with van der Waals surface area (Å²) in [4.78, 5) is 8.50. The molecular weight excluding hydrogens is 501 g/mol. The molecule has 128 valence electrons. The predicted octanol–water partition coefficient (Wildman–Crippen LogP) is 4.83. The van der Waals surface area contributed by atoms with E-state index in [0.717, 1.165) is 22.3 Å². The van der Waals surface area contributed by atoms with Crippen molar-refractivity contribution in [3.63, 3.8) is 0 Å². The Morgan fingerprint density at radius 2 is 1.62 bits per heavy atom. The summed E-state index contributed by atoms with van der Waals surface area (Å²) in [5, 5.41) is 2.26. The second kappa shape index (κ2) is 8.55. The minimum atomic E-state index is 0. The van der Waals surface area contributed by atoms with E-state index in [4.69, 9.17) is 0 Å². The number of hydrogen-bond donors (Lipinski definition) is 0. The van der Waals surface area contributed by atoms with Crippen LogP contribution < -0.4 is 0 Å². The van der Waals surface area contributed by atoms with Crippen molar-refractivity contribution >= 4 is 16.4 Å². The van der Waals surface area contributed by atoms with Gasteiger partial charge in [-0.15, -0.1) is 70.9 Å². The van der Waals surface area contributed by atoms with Gasteiger partial charge in [0, 0.05) is 18.6 Å². The fraction of sp³-hybridized carbons (Fsp3) is 0. The molecule has 0 spiro atoms. The SMILES string of the molecule is [Pt+2].[c-]1cccc2ccn3ccnc3c12.[c-]1ccccc1-c1ccccn1. The van der Waals surface area contributed by atoms with Gasteiger partial charge in [0.15, 0.2) is 0 Å². The summed E-state index contributed by atoms with van der Waals surface area (Å²) in [6.45, 7) is 0. The molecule has 0 saturated carbocycles. The molecule has 0 aliphatic rings. The van der Waals surface area contributed by atoms with E-state index in [1.54, 1.807) is 12.4 Å². The van der Waals surface area contributed by atoms with E-state index in [9.17, 15) is 0 Å². The Balaban J connectivity index is 0.000000146. The molecule has 0 bridgehead atoms. The summed E-state index contributed by atoms with van der Waals surface area (Å²) >= 11 is 0. The number of fused-ring (bicyclic) bond motifs is 3. The van der Waals surface area contributed by atoms with Crippen molar-refractivity contribution in [1.82, 2.24) is 14.4 Å². The number of benzene rings is 2. The molecule has 0 N–H and O–H groups in total. The van der Waals surface area contributed by atoms with Crippen LogP contribution in [0, 0.1) is 12.1 Å². The zero-order chi connectivity index (χ0) is 16.9. The summed E-state index contributed by atoms with van der Waals surface area (Å²) < 4.78 is 2.00. The Morgan fingerprint density at radius 3 is 2.42 bits per heavy atom. The maximum atomic E-state index is 4.28. The van der Waals surface area contributed by atoms with Crippen LogP contribution in [-0.2, 0) is 21.1 Å². The van der Waals surface area contributed by atoms with Crippen LogP contribution in [-0.4, -0.2) is 14.4 Å². The molecule has 2 aromatic carbocycles. The Hall–Kier alpha value is -2.77.